The molecule has 4 unspecified atom stereocenters. The van der Waals surface area contributed by atoms with Crippen molar-refractivity contribution in [3.8, 4) is 0 Å². The van der Waals surface area contributed by atoms with Gasteiger partial charge in [-0.1, -0.05) is 0 Å². The van der Waals surface area contributed by atoms with Crippen molar-refractivity contribution in [1.82, 2.24) is 10.2 Å². The number of rotatable bonds is 2. The van der Waals surface area contributed by atoms with E-state index in [1.165, 1.54) is 32.6 Å². The summed E-state index contributed by atoms with van der Waals surface area (Å²) in [5, 5.41) is 3.52. The number of nitrogens with one attached hydrogen (secondary N) is 1. The Balaban J connectivity index is 1.58. The van der Waals surface area contributed by atoms with Crippen LogP contribution in [0.4, 0.5) is 0 Å². The van der Waals surface area contributed by atoms with E-state index in [0.29, 0.717) is 0 Å². The molecule has 3 heterocycles. The fraction of sp³-hybridized carbons (Fsp3) is 1.00. The van der Waals surface area contributed by atoms with Crippen LogP contribution in [0.1, 0.15) is 13.3 Å². The number of hydrogen-bond acceptors (Lipinski definition) is 3. The maximum atomic E-state index is 5.46. The third-order valence-electron chi connectivity index (χ3n) is 4.57. The molecule has 3 aliphatic heterocycles. The third kappa shape index (κ3) is 1.81. The third-order valence-corrected chi connectivity index (χ3v) is 4.57. The summed E-state index contributed by atoms with van der Waals surface area (Å²) in [6.45, 7) is 9.46. The molecule has 3 heteroatoms. The largest absolute Gasteiger partial charge is 0.381 e. The average molecular weight is 210 g/mol. The van der Waals surface area contributed by atoms with Gasteiger partial charge in [-0.3, -0.25) is 4.90 Å². The summed E-state index contributed by atoms with van der Waals surface area (Å²) >= 11 is 0. The Hall–Kier alpha value is -0.120. The minimum absolute atomic E-state index is 0.783. The van der Waals surface area contributed by atoms with Crippen molar-refractivity contribution in [2.75, 3.05) is 39.4 Å². The molecule has 0 saturated carbocycles. The second-order valence-corrected chi connectivity index (χ2v) is 5.51. The van der Waals surface area contributed by atoms with Gasteiger partial charge in [0, 0.05) is 25.7 Å². The molecule has 3 aliphatic rings. The van der Waals surface area contributed by atoms with E-state index in [1.807, 2.05) is 0 Å². The van der Waals surface area contributed by atoms with Crippen molar-refractivity contribution >= 4 is 0 Å². The van der Waals surface area contributed by atoms with E-state index in [1.54, 1.807) is 0 Å². The molecule has 15 heavy (non-hydrogen) atoms. The molecule has 0 amide bonds. The molecule has 0 aromatic carbocycles. The number of ether oxygens (including phenoxy) is 1. The number of fused-ring (bicyclic) bond motifs is 1. The summed E-state index contributed by atoms with van der Waals surface area (Å²) in [5.41, 5.74) is 0. The van der Waals surface area contributed by atoms with Gasteiger partial charge in [0.1, 0.15) is 0 Å². The van der Waals surface area contributed by atoms with Crippen LogP contribution in [0.5, 0.6) is 0 Å². The smallest absolute Gasteiger partial charge is 0.0507 e. The number of likely N-dealkylation sites (tertiary alicyclic amines) is 1. The first-order valence-corrected chi connectivity index (χ1v) is 6.37. The summed E-state index contributed by atoms with van der Waals surface area (Å²) in [4.78, 5) is 2.70. The van der Waals surface area contributed by atoms with Crippen molar-refractivity contribution in [2.24, 2.45) is 17.8 Å². The summed E-state index contributed by atoms with van der Waals surface area (Å²) in [5.74, 6) is 2.63. The van der Waals surface area contributed by atoms with E-state index in [0.717, 1.165) is 37.0 Å². The Morgan fingerprint density at radius 2 is 2.33 bits per heavy atom. The monoisotopic (exact) mass is 210 g/mol. The Kier molecular flexibility index (Phi) is 2.71. The normalized spacial score (nSPS) is 46.2. The second kappa shape index (κ2) is 4.04. The molecule has 3 saturated heterocycles. The average Bonchev–Trinajstić information content (AvgIpc) is 2.89. The second-order valence-electron chi connectivity index (χ2n) is 5.51. The Morgan fingerprint density at radius 1 is 1.40 bits per heavy atom. The van der Waals surface area contributed by atoms with E-state index < -0.39 is 0 Å². The van der Waals surface area contributed by atoms with Crippen LogP contribution in [0.3, 0.4) is 0 Å². The first-order chi connectivity index (χ1) is 7.34. The molecule has 3 fully saturated rings. The highest BCUT2D eigenvalue weighted by Crippen LogP contribution is 2.33. The van der Waals surface area contributed by atoms with Gasteiger partial charge in [-0.2, -0.15) is 0 Å². The minimum Gasteiger partial charge on any atom is -0.381 e. The van der Waals surface area contributed by atoms with Gasteiger partial charge in [-0.25, -0.2) is 0 Å². The van der Waals surface area contributed by atoms with Crippen molar-refractivity contribution in [3.63, 3.8) is 0 Å². The quantitative estimate of drug-likeness (QED) is 0.721. The van der Waals surface area contributed by atoms with Gasteiger partial charge < -0.3 is 10.1 Å². The van der Waals surface area contributed by atoms with Crippen LogP contribution < -0.4 is 5.32 Å². The lowest BCUT2D eigenvalue weighted by Crippen LogP contribution is -2.36. The Labute approximate surface area is 92.2 Å². The molecule has 0 spiro atoms. The fourth-order valence-electron chi connectivity index (χ4n) is 3.56. The predicted octanol–water partition coefficient (Wildman–Crippen LogP) is 0.563. The maximum Gasteiger partial charge on any atom is 0.0507 e. The van der Waals surface area contributed by atoms with Gasteiger partial charge in [0.15, 0.2) is 0 Å². The Morgan fingerprint density at radius 3 is 3.07 bits per heavy atom. The topological polar surface area (TPSA) is 24.5 Å². The van der Waals surface area contributed by atoms with E-state index >= 15 is 0 Å². The van der Waals surface area contributed by atoms with Gasteiger partial charge in [-0.15, -0.1) is 0 Å². The van der Waals surface area contributed by atoms with Crippen LogP contribution in [0.25, 0.3) is 0 Å². The van der Waals surface area contributed by atoms with Crippen molar-refractivity contribution < 1.29 is 4.74 Å². The van der Waals surface area contributed by atoms with Crippen LogP contribution in [0, 0.1) is 17.8 Å². The molecule has 3 rings (SSSR count). The number of nitrogens with zero attached hydrogens (tertiary/aromatic N) is 1. The Bertz CT molecular complexity index is 228. The first kappa shape index (κ1) is 10.1. The first-order valence-electron chi connectivity index (χ1n) is 6.37. The highest BCUT2D eigenvalue weighted by molar-refractivity contribution is 4.97. The van der Waals surface area contributed by atoms with E-state index in [-0.39, 0.29) is 0 Å². The van der Waals surface area contributed by atoms with Crippen molar-refractivity contribution in [1.29, 1.82) is 0 Å². The summed E-state index contributed by atoms with van der Waals surface area (Å²) in [6, 6.07) is 0.783. The maximum absolute atomic E-state index is 5.46. The zero-order valence-electron chi connectivity index (χ0n) is 9.61. The van der Waals surface area contributed by atoms with Gasteiger partial charge in [-0.05, 0) is 44.2 Å². The lowest BCUT2D eigenvalue weighted by Gasteiger charge is -2.26. The SMILES string of the molecule is CC1C2CNCC2CN1CC1CCOC1. The van der Waals surface area contributed by atoms with Crippen molar-refractivity contribution in [2.45, 2.75) is 19.4 Å². The van der Waals surface area contributed by atoms with Gasteiger partial charge in [0.25, 0.3) is 0 Å². The molecule has 0 radical (unpaired) electrons. The molecule has 1 N–H and O–H groups in total. The standard InChI is InChI=1S/C12H22N2O/c1-9-12-5-13-4-11(12)7-14(9)6-10-2-3-15-8-10/h9-13H,2-8H2,1H3. The zero-order valence-corrected chi connectivity index (χ0v) is 9.61. The summed E-state index contributed by atoms with van der Waals surface area (Å²) in [6.07, 6.45) is 1.27. The van der Waals surface area contributed by atoms with Crippen LogP contribution in [0.2, 0.25) is 0 Å². The molecular weight excluding hydrogens is 188 g/mol. The zero-order chi connectivity index (χ0) is 10.3. The van der Waals surface area contributed by atoms with Crippen LogP contribution in [-0.2, 0) is 4.74 Å². The van der Waals surface area contributed by atoms with E-state index in [4.69, 9.17) is 4.74 Å². The molecule has 0 bridgehead atoms. The molecule has 3 nitrogen and oxygen atoms in total. The van der Waals surface area contributed by atoms with Gasteiger partial charge in [0.2, 0.25) is 0 Å². The van der Waals surface area contributed by atoms with Gasteiger partial charge in [0.05, 0.1) is 6.61 Å². The van der Waals surface area contributed by atoms with Gasteiger partial charge >= 0.3 is 0 Å². The van der Waals surface area contributed by atoms with Crippen LogP contribution in [0.15, 0.2) is 0 Å². The van der Waals surface area contributed by atoms with E-state index in [2.05, 4.69) is 17.1 Å². The fourth-order valence-corrected chi connectivity index (χ4v) is 3.56. The summed E-state index contributed by atoms with van der Waals surface area (Å²) < 4.78 is 5.46. The highest BCUT2D eigenvalue weighted by atomic mass is 16.5. The molecule has 0 aliphatic carbocycles. The molecule has 4 atom stereocenters. The van der Waals surface area contributed by atoms with E-state index in [9.17, 15) is 0 Å². The highest BCUT2D eigenvalue weighted by Gasteiger charge is 2.42. The summed E-state index contributed by atoms with van der Waals surface area (Å²) in [7, 11) is 0. The van der Waals surface area contributed by atoms with Crippen LogP contribution in [-0.4, -0.2) is 50.3 Å². The molecular formula is C12H22N2O. The lowest BCUT2D eigenvalue weighted by molar-refractivity contribution is 0.159. The minimum atomic E-state index is 0.783. The predicted molar refractivity (Wildman–Crippen MR) is 59.8 cm³/mol. The number of hydrogen-bond donors (Lipinski definition) is 1. The van der Waals surface area contributed by atoms with Crippen molar-refractivity contribution in [3.05, 3.63) is 0 Å². The molecule has 0 aromatic rings. The molecule has 86 valence electrons. The van der Waals surface area contributed by atoms with Crippen LogP contribution >= 0.6 is 0 Å². The molecule has 0 aromatic heterocycles. The lowest BCUT2D eigenvalue weighted by atomic mass is 9.95.